The zero-order chi connectivity index (χ0) is 21.6. The third-order valence-corrected chi connectivity index (χ3v) is 7.53. The summed E-state index contributed by atoms with van der Waals surface area (Å²) in [5, 5.41) is 5.39. The standard InChI is InChI=1S/C31H18N2/c1-2-13-33-28(11-1)22-15-23-14-21(20-8-5-12-32-18-20)16-26-30(23)27(17-22)31(26)24-9-3-6-19-7-4-10-25(31)29(19)24/h1-18H. The molecule has 0 saturated carbocycles. The monoisotopic (exact) mass is 418 g/mol. The quantitative estimate of drug-likeness (QED) is 0.298. The highest BCUT2D eigenvalue weighted by atomic mass is 14.7. The molecule has 0 aliphatic heterocycles. The van der Waals surface area contributed by atoms with E-state index in [0.29, 0.717) is 0 Å². The third kappa shape index (κ3) is 2.00. The van der Waals surface area contributed by atoms with Gasteiger partial charge in [0.1, 0.15) is 0 Å². The summed E-state index contributed by atoms with van der Waals surface area (Å²) in [6.07, 6.45) is 5.66. The van der Waals surface area contributed by atoms with Gasteiger partial charge in [-0.05, 0) is 91.8 Å². The van der Waals surface area contributed by atoms with E-state index in [1.54, 1.807) is 0 Å². The maximum Gasteiger partial charge on any atom is 0.0726 e. The Hall–Kier alpha value is -4.30. The second kappa shape index (κ2) is 5.93. The molecule has 8 rings (SSSR count). The molecule has 33 heavy (non-hydrogen) atoms. The van der Waals surface area contributed by atoms with Gasteiger partial charge in [-0.25, -0.2) is 0 Å². The SMILES string of the molecule is c1ccc(-c2cc3c4c(cc(-c5cccnc5)cc4c2)C32c3cccc4cccc2c34)nc1. The molecule has 0 saturated heterocycles. The highest BCUT2D eigenvalue weighted by Crippen LogP contribution is 2.65. The number of aromatic nitrogens is 2. The minimum Gasteiger partial charge on any atom is -0.264 e. The molecule has 0 atom stereocenters. The average molecular weight is 418 g/mol. The largest absolute Gasteiger partial charge is 0.264 e. The molecule has 0 N–H and O–H groups in total. The van der Waals surface area contributed by atoms with Gasteiger partial charge in [-0.1, -0.05) is 48.5 Å². The number of hydrogen-bond acceptors (Lipinski definition) is 2. The molecule has 152 valence electrons. The Balaban J connectivity index is 1.49. The highest BCUT2D eigenvalue weighted by Gasteiger charge is 2.54. The lowest BCUT2D eigenvalue weighted by Crippen LogP contribution is -2.43. The lowest BCUT2D eigenvalue weighted by molar-refractivity contribution is 0.702. The molecule has 4 aromatic carbocycles. The molecule has 2 nitrogen and oxygen atoms in total. The summed E-state index contributed by atoms with van der Waals surface area (Å²) in [7, 11) is 0. The van der Waals surface area contributed by atoms with Gasteiger partial charge < -0.3 is 0 Å². The summed E-state index contributed by atoms with van der Waals surface area (Å²) in [6, 6.07) is 33.1. The lowest BCUT2D eigenvalue weighted by Gasteiger charge is -2.52. The van der Waals surface area contributed by atoms with Crippen molar-refractivity contribution < 1.29 is 0 Å². The summed E-state index contributed by atoms with van der Waals surface area (Å²) in [4.78, 5) is 9.04. The van der Waals surface area contributed by atoms with Crippen LogP contribution in [0.25, 0.3) is 43.9 Å². The fourth-order valence-electron chi connectivity index (χ4n) is 6.20. The van der Waals surface area contributed by atoms with E-state index in [9.17, 15) is 0 Å². The fourth-order valence-corrected chi connectivity index (χ4v) is 6.20. The van der Waals surface area contributed by atoms with Crippen LogP contribution >= 0.6 is 0 Å². The van der Waals surface area contributed by atoms with Crippen LogP contribution < -0.4 is 0 Å². The van der Waals surface area contributed by atoms with Crippen LogP contribution in [0.4, 0.5) is 0 Å². The van der Waals surface area contributed by atoms with E-state index in [0.717, 1.165) is 11.3 Å². The van der Waals surface area contributed by atoms with Gasteiger partial charge in [0.15, 0.2) is 0 Å². The Morgan fingerprint density at radius 3 is 2.00 bits per heavy atom. The van der Waals surface area contributed by atoms with E-state index in [1.165, 1.54) is 54.9 Å². The molecule has 2 heteroatoms. The Bertz CT molecular complexity index is 1630. The number of hydrogen-bond donors (Lipinski definition) is 0. The first-order valence-electron chi connectivity index (χ1n) is 11.3. The lowest BCUT2D eigenvalue weighted by atomic mass is 9.49. The number of fused-ring (bicyclic) bond motifs is 4. The molecule has 0 amide bonds. The van der Waals surface area contributed by atoms with E-state index >= 15 is 0 Å². The van der Waals surface area contributed by atoms with Crippen molar-refractivity contribution in [2.45, 2.75) is 5.41 Å². The van der Waals surface area contributed by atoms with E-state index in [4.69, 9.17) is 0 Å². The van der Waals surface area contributed by atoms with Gasteiger partial charge in [0.2, 0.25) is 0 Å². The van der Waals surface area contributed by atoms with Crippen molar-refractivity contribution >= 4 is 21.5 Å². The van der Waals surface area contributed by atoms with Crippen molar-refractivity contribution in [3.05, 3.63) is 132 Å². The Labute approximate surface area is 191 Å². The van der Waals surface area contributed by atoms with Gasteiger partial charge >= 0.3 is 0 Å². The van der Waals surface area contributed by atoms with E-state index in [-0.39, 0.29) is 5.41 Å². The van der Waals surface area contributed by atoms with Crippen molar-refractivity contribution in [1.29, 1.82) is 0 Å². The van der Waals surface area contributed by atoms with Crippen molar-refractivity contribution in [2.75, 3.05) is 0 Å². The average Bonchev–Trinajstić information content (AvgIpc) is 2.87. The molecular weight excluding hydrogens is 400 g/mol. The summed E-state index contributed by atoms with van der Waals surface area (Å²) >= 11 is 0. The first-order valence-corrected chi connectivity index (χ1v) is 11.3. The Kier molecular flexibility index (Phi) is 3.11. The van der Waals surface area contributed by atoms with Crippen LogP contribution in [-0.4, -0.2) is 9.97 Å². The molecule has 6 aromatic rings. The number of nitrogens with zero attached hydrogens (tertiary/aromatic N) is 2. The second-order valence-electron chi connectivity index (χ2n) is 9.06. The maximum atomic E-state index is 4.66. The number of rotatable bonds is 2. The van der Waals surface area contributed by atoms with Crippen LogP contribution in [0.15, 0.2) is 110 Å². The molecule has 0 unspecified atom stereocenters. The Morgan fingerprint density at radius 2 is 1.27 bits per heavy atom. The van der Waals surface area contributed by atoms with Gasteiger partial charge in [-0.15, -0.1) is 0 Å². The van der Waals surface area contributed by atoms with Gasteiger partial charge in [-0.2, -0.15) is 0 Å². The van der Waals surface area contributed by atoms with Gasteiger partial charge in [0.25, 0.3) is 0 Å². The molecule has 2 aromatic heterocycles. The summed E-state index contributed by atoms with van der Waals surface area (Å²) in [5.41, 5.74) is 10.0. The number of pyridine rings is 2. The predicted octanol–water partition coefficient (Wildman–Crippen LogP) is 7.13. The van der Waals surface area contributed by atoms with Gasteiger partial charge in [0, 0.05) is 29.7 Å². The maximum absolute atomic E-state index is 4.66. The molecule has 2 aliphatic rings. The van der Waals surface area contributed by atoms with Crippen molar-refractivity contribution in [2.24, 2.45) is 0 Å². The second-order valence-corrected chi connectivity index (χ2v) is 9.06. The summed E-state index contributed by atoms with van der Waals surface area (Å²) < 4.78 is 0. The topological polar surface area (TPSA) is 25.8 Å². The van der Waals surface area contributed by atoms with Crippen LogP contribution in [0.1, 0.15) is 22.3 Å². The highest BCUT2D eigenvalue weighted by molar-refractivity contribution is 6.12. The summed E-state index contributed by atoms with van der Waals surface area (Å²) in [5.74, 6) is 0. The van der Waals surface area contributed by atoms with E-state index in [1.807, 2.05) is 30.7 Å². The van der Waals surface area contributed by atoms with Crippen molar-refractivity contribution in [3.63, 3.8) is 0 Å². The van der Waals surface area contributed by atoms with Gasteiger partial charge in [-0.3, -0.25) is 9.97 Å². The zero-order valence-electron chi connectivity index (χ0n) is 17.8. The van der Waals surface area contributed by atoms with Crippen LogP contribution in [0.5, 0.6) is 0 Å². The van der Waals surface area contributed by atoms with Crippen molar-refractivity contribution in [3.8, 4) is 22.4 Å². The fraction of sp³-hybridized carbons (Fsp3) is 0.0323. The van der Waals surface area contributed by atoms with Gasteiger partial charge in [0.05, 0.1) is 11.1 Å². The third-order valence-electron chi connectivity index (χ3n) is 7.53. The van der Waals surface area contributed by atoms with Crippen LogP contribution in [0.3, 0.4) is 0 Å². The molecule has 0 fully saturated rings. The zero-order valence-corrected chi connectivity index (χ0v) is 17.8. The summed E-state index contributed by atoms with van der Waals surface area (Å²) in [6.45, 7) is 0. The predicted molar refractivity (Wildman–Crippen MR) is 133 cm³/mol. The normalized spacial score (nSPS) is 14.3. The van der Waals surface area contributed by atoms with Crippen molar-refractivity contribution in [1.82, 2.24) is 9.97 Å². The van der Waals surface area contributed by atoms with E-state index < -0.39 is 0 Å². The first kappa shape index (κ1) is 17.3. The Morgan fingerprint density at radius 1 is 0.515 bits per heavy atom. The molecule has 0 radical (unpaired) electrons. The first-order chi connectivity index (χ1) is 16.4. The molecular formula is C31H18N2. The molecule has 2 heterocycles. The number of benzene rings is 4. The minimum atomic E-state index is -0.160. The van der Waals surface area contributed by atoms with Crippen LogP contribution in [0.2, 0.25) is 0 Å². The molecule has 0 bridgehead atoms. The van der Waals surface area contributed by atoms with E-state index in [2.05, 4.69) is 88.8 Å². The minimum absolute atomic E-state index is 0.160. The smallest absolute Gasteiger partial charge is 0.0726 e. The molecule has 2 aliphatic carbocycles. The molecule has 1 spiro atoms. The van der Waals surface area contributed by atoms with Crippen LogP contribution in [-0.2, 0) is 5.41 Å². The van der Waals surface area contributed by atoms with Crippen LogP contribution in [0, 0.1) is 0 Å².